The molecule has 1 aromatic carbocycles. The standard InChI is InChI=1S/C13H16Br2N2/c14-13(15)10-4-2-1-3-9(10)11(16)12(13)5-7-17-8-6-12/h1-4,11,17H,5-8,16H2. The molecule has 1 saturated heterocycles. The maximum Gasteiger partial charge on any atom is 0.113 e. The summed E-state index contributed by atoms with van der Waals surface area (Å²) in [5, 5.41) is 3.42. The van der Waals surface area contributed by atoms with Crippen molar-refractivity contribution in [2.24, 2.45) is 11.1 Å². The lowest BCUT2D eigenvalue weighted by Crippen LogP contribution is -2.47. The van der Waals surface area contributed by atoms with Gasteiger partial charge in [-0.25, -0.2) is 0 Å². The highest BCUT2D eigenvalue weighted by Gasteiger charge is 2.59. The van der Waals surface area contributed by atoms with Gasteiger partial charge >= 0.3 is 0 Å². The maximum atomic E-state index is 6.54. The van der Waals surface area contributed by atoms with E-state index >= 15 is 0 Å². The Hall–Kier alpha value is 0.1000. The molecular formula is C13H16Br2N2. The summed E-state index contributed by atoms with van der Waals surface area (Å²) in [5.74, 6) is 0. The summed E-state index contributed by atoms with van der Waals surface area (Å²) in [5.41, 5.74) is 9.21. The second kappa shape index (κ2) is 4.05. The van der Waals surface area contributed by atoms with Gasteiger partial charge in [0.15, 0.2) is 0 Å². The molecule has 0 aromatic heterocycles. The van der Waals surface area contributed by atoms with E-state index in [1.165, 1.54) is 11.1 Å². The summed E-state index contributed by atoms with van der Waals surface area (Å²) in [6.07, 6.45) is 2.19. The molecule has 1 heterocycles. The molecule has 0 amide bonds. The largest absolute Gasteiger partial charge is 0.323 e. The van der Waals surface area contributed by atoms with E-state index in [-0.39, 0.29) is 14.7 Å². The first-order chi connectivity index (χ1) is 8.09. The van der Waals surface area contributed by atoms with Crippen LogP contribution in [0.5, 0.6) is 0 Å². The highest BCUT2D eigenvalue weighted by molar-refractivity contribution is 9.24. The fraction of sp³-hybridized carbons (Fsp3) is 0.538. The topological polar surface area (TPSA) is 38.0 Å². The molecule has 1 fully saturated rings. The molecule has 3 N–H and O–H groups in total. The number of benzene rings is 1. The van der Waals surface area contributed by atoms with Crippen LogP contribution in [0, 0.1) is 5.41 Å². The summed E-state index contributed by atoms with van der Waals surface area (Å²) in [4.78, 5) is 0. The SMILES string of the molecule is NC1c2ccccc2C(Br)(Br)C12CCNCC2. The van der Waals surface area contributed by atoms with E-state index in [9.17, 15) is 0 Å². The minimum atomic E-state index is -0.175. The highest BCUT2D eigenvalue weighted by atomic mass is 79.9. The molecule has 3 rings (SSSR count). The molecule has 0 bridgehead atoms. The van der Waals surface area contributed by atoms with Crippen molar-refractivity contribution in [2.45, 2.75) is 22.1 Å². The first-order valence-corrected chi connectivity index (χ1v) is 7.62. The number of nitrogens with two attached hydrogens (primary N) is 1. The highest BCUT2D eigenvalue weighted by Crippen LogP contribution is 2.67. The van der Waals surface area contributed by atoms with Crippen molar-refractivity contribution in [2.75, 3.05) is 13.1 Å². The van der Waals surface area contributed by atoms with Gasteiger partial charge < -0.3 is 11.1 Å². The number of hydrogen-bond acceptors (Lipinski definition) is 2. The molecule has 1 atom stereocenters. The Morgan fingerprint density at radius 1 is 1.18 bits per heavy atom. The van der Waals surface area contributed by atoms with Gasteiger partial charge in [0.1, 0.15) is 3.23 Å². The van der Waals surface area contributed by atoms with Gasteiger partial charge in [0, 0.05) is 11.5 Å². The molecule has 4 heteroatoms. The van der Waals surface area contributed by atoms with E-state index in [0.717, 1.165) is 25.9 Å². The second-order valence-corrected chi connectivity index (χ2v) is 8.49. The molecule has 92 valence electrons. The van der Waals surface area contributed by atoms with E-state index in [4.69, 9.17) is 5.73 Å². The molecule has 1 aliphatic carbocycles. The fourth-order valence-electron chi connectivity index (χ4n) is 3.31. The zero-order valence-corrected chi connectivity index (χ0v) is 12.7. The van der Waals surface area contributed by atoms with E-state index < -0.39 is 0 Å². The molecule has 2 nitrogen and oxygen atoms in total. The zero-order valence-electron chi connectivity index (χ0n) is 9.55. The van der Waals surface area contributed by atoms with Crippen LogP contribution in [-0.4, -0.2) is 13.1 Å². The molecule has 1 unspecified atom stereocenters. The molecule has 0 saturated carbocycles. The van der Waals surface area contributed by atoms with Crippen molar-refractivity contribution in [3.63, 3.8) is 0 Å². The minimum Gasteiger partial charge on any atom is -0.323 e. The lowest BCUT2D eigenvalue weighted by molar-refractivity contribution is 0.162. The van der Waals surface area contributed by atoms with Crippen molar-refractivity contribution in [3.8, 4) is 0 Å². The van der Waals surface area contributed by atoms with Crippen molar-refractivity contribution in [1.82, 2.24) is 5.32 Å². The third kappa shape index (κ3) is 1.51. The van der Waals surface area contributed by atoms with Gasteiger partial charge in [0.2, 0.25) is 0 Å². The summed E-state index contributed by atoms with van der Waals surface area (Å²) < 4.78 is -0.175. The first-order valence-electron chi connectivity index (χ1n) is 6.03. The van der Waals surface area contributed by atoms with E-state index in [1.54, 1.807) is 0 Å². The molecule has 17 heavy (non-hydrogen) atoms. The summed E-state index contributed by atoms with van der Waals surface area (Å²) >= 11 is 7.82. The number of hydrogen-bond donors (Lipinski definition) is 2. The molecule has 2 aliphatic rings. The van der Waals surface area contributed by atoms with Crippen molar-refractivity contribution >= 4 is 31.9 Å². The number of fused-ring (bicyclic) bond motifs is 1. The molecule has 1 spiro atoms. The van der Waals surface area contributed by atoms with Crippen LogP contribution in [0.4, 0.5) is 0 Å². The fourth-order valence-corrected chi connectivity index (χ4v) is 5.32. The van der Waals surface area contributed by atoms with Crippen LogP contribution in [0.15, 0.2) is 24.3 Å². The lowest BCUT2D eigenvalue weighted by Gasteiger charge is -2.45. The van der Waals surface area contributed by atoms with Gasteiger partial charge in [-0.1, -0.05) is 56.1 Å². The Kier molecular flexibility index (Phi) is 2.90. The van der Waals surface area contributed by atoms with Crippen molar-refractivity contribution in [3.05, 3.63) is 35.4 Å². The van der Waals surface area contributed by atoms with Crippen molar-refractivity contribution in [1.29, 1.82) is 0 Å². The third-order valence-electron chi connectivity index (χ3n) is 4.35. The Balaban J connectivity index is 2.15. The third-order valence-corrected chi connectivity index (χ3v) is 6.78. The van der Waals surface area contributed by atoms with Crippen LogP contribution in [0.3, 0.4) is 0 Å². The number of piperidine rings is 1. The smallest absolute Gasteiger partial charge is 0.113 e. The van der Waals surface area contributed by atoms with E-state index in [2.05, 4.69) is 61.4 Å². The number of nitrogens with one attached hydrogen (secondary N) is 1. The normalized spacial score (nSPS) is 29.2. The average molecular weight is 360 g/mol. The van der Waals surface area contributed by atoms with Crippen LogP contribution < -0.4 is 11.1 Å². The van der Waals surface area contributed by atoms with Gasteiger partial charge in [0.05, 0.1) is 0 Å². The molecule has 0 radical (unpaired) electrons. The summed E-state index contributed by atoms with van der Waals surface area (Å²) in [6.45, 7) is 2.08. The predicted molar refractivity (Wildman–Crippen MR) is 77.4 cm³/mol. The number of alkyl halides is 2. The Morgan fingerprint density at radius 3 is 2.47 bits per heavy atom. The van der Waals surface area contributed by atoms with Crippen molar-refractivity contribution < 1.29 is 0 Å². The Morgan fingerprint density at radius 2 is 1.82 bits per heavy atom. The average Bonchev–Trinajstić information content (AvgIpc) is 2.52. The van der Waals surface area contributed by atoms with Gasteiger partial charge in [-0.05, 0) is 37.1 Å². The zero-order chi connectivity index (χ0) is 12.1. The Bertz CT molecular complexity index is 439. The van der Waals surface area contributed by atoms with Gasteiger partial charge in [-0.15, -0.1) is 0 Å². The van der Waals surface area contributed by atoms with Crippen LogP contribution in [0.2, 0.25) is 0 Å². The Labute approximate surface area is 119 Å². The van der Waals surface area contributed by atoms with Crippen LogP contribution >= 0.6 is 31.9 Å². The van der Waals surface area contributed by atoms with Crippen LogP contribution in [0.1, 0.15) is 30.0 Å². The second-order valence-electron chi connectivity index (χ2n) is 5.05. The summed E-state index contributed by atoms with van der Waals surface area (Å²) in [6, 6.07) is 8.61. The maximum absolute atomic E-state index is 6.54. The minimum absolute atomic E-state index is 0.0853. The quantitative estimate of drug-likeness (QED) is 0.699. The van der Waals surface area contributed by atoms with Crippen LogP contribution in [-0.2, 0) is 3.23 Å². The van der Waals surface area contributed by atoms with Crippen LogP contribution in [0.25, 0.3) is 0 Å². The van der Waals surface area contributed by atoms with E-state index in [1.807, 2.05) is 0 Å². The number of rotatable bonds is 0. The lowest BCUT2D eigenvalue weighted by atomic mass is 9.73. The molecule has 1 aromatic rings. The molecule has 1 aliphatic heterocycles. The van der Waals surface area contributed by atoms with E-state index in [0.29, 0.717) is 0 Å². The molecular weight excluding hydrogens is 344 g/mol. The number of halogens is 2. The monoisotopic (exact) mass is 358 g/mol. The van der Waals surface area contributed by atoms with Gasteiger partial charge in [-0.3, -0.25) is 0 Å². The first kappa shape index (κ1) is 12.2. The van der Waals surface area contributed by atoms with Gasteiger partial charge in [-0.2, -0.15) is 0 Å². The summed E-state index contributed by atoms with van der Waals surface area (Å²) in [7, 11) is 0. The van der Waals surface area contributed by atoms with Gasteiger partial charge in [0.25, 0.3) is 0 Å². The predicted octanol–water partition coefficient (Wildman–Crippen LogP) is 3.01.